The standard InChI is InChI=1S/C13H22N4O2S/c1-11-9-14-15-13(11)12-5-4-8-17(10-12)20(18,19)16-6-2-3-7-16/h9,12H,2-8,10H2,1H3,(H,14,15)/t12-/m0/s1. The van der Waals surface area contributed by atoms with Crippen molar-refractivity contribution in [2.45, 2.75) is 38.5 Å². The monoisotopic (exact) mass is 298 g/mol. The first kappa shape index (κ1) is 14.0. The summed E-state index contributed by atoms with van der Waals surface area (Å²) >= 11 is 0. The highest BCUT2D eigenvalue weighted by Crippen LogP contribution is 2.30. The van der Waals surface area contributed by atoms with Gasteiger partial charge in [0.05, 0.1) is 6.20 Å². The predicted molar refractivity (Wildman–Crippen MR) is 76.6 cm³/mol. The first-order chi connectivity index (χ1) is 9.59. The van der Waals surface area contributed by atoms with E-state index in [1.54, 1.807) is 8.61 Å². The highest BCUT2D eigenvalue weighted by molar-refractivity contribution is 7.86. The molecule has 0 radical (unpaired) electrons. The van der Waals surface area contributed by atoms with Crippen molar-refractivity contribution >= 4 is 10.2 Å². The van der Waals surface area contributed by atoms with Crippen molar-refractivity contribution < 1.29 is 8.42 Å². The number of nitrogens with zero attached hydrogens (tertiary/aromatic N) is 3. The van der Waals surface area contributed by atoms with E-state index >= 15 is 0 Å². The van der Waals surface area contributed by atoms with Crippen molar-refractivity contribution in [2.75, 3.05) is 26.2 Å². The van der Waals surface area contributed by atoms with E-state index in [1.807, 2.05) is 13.1 Å². The van der Waals surface area contributed by atoms with Gasteiger partial charge < -0.3 is 0 Å². The first-order valence-corrected chi connectivity index (χ1v) is 8.74. The molecule has 7 heteroatoms. The molecule has 3 rings (SSSR count). The van der Waals surface area contributed by atoms with E-state index in [0.717, 1.165) is 36.9 Å². The van der Waals surface area contributed by atoms with Gasteiger partial charge in [-0.1, -0.05) is 0 Å². The van der Waals surface area contributed by atoms with Crippen LogP contribution in [0.2, 0.25) is 0 Å². The van der Waals surface area contributed by atoms with Crippen molar-refractivity contribution in [1.29, 1.82) is 0 Å². The fourth-order valence-electron chi connectivity index (χ4n) is 3.24. The third kappa shape index (κ3) is 2.49. The Morgan fingerprint density at radius 1 is 1.20 bits per heavy atom. The quantitative estimate of drug-likeness (QED) is 0.912. The second-order valence-electron chi connectivity index (χ2n) is 5.78. The molecule has 2 saturated heterocycles. The van der Waals surface area contributed by atoms with Crippen molar-refractivity contribution in [3.05, 3.63) is 17.5 Å². The minimum Gasteiger partial charge on any atom is -0.282 e. The molecule has 0 spiro atoms. The average Bonchev–Trinajstić information content (AvgIpc) is 3.10. The van der Waals surface area contributed by atoms with Gasteiger partial charge in [-0.25, -0.2) is 0 Å². The van der Waals surface area contributed by atoms with E-state index < -0.39 is 10.2 Å². The Morgan fingerprint density at radius 3 is 2.55 bits per heavy atom. The minimum atomic E-state index is -3.27. The van der Waals surface area contributed by atoms with Crippen LogP contribution in [0, 0.1) is 6.92 Å². The van der Waals surface area contributed by atoms with E-state index in [1.165, 1.54) is 0 Å². The number of aryl methyl sites for hydroxylation is 1. The predicted octanol–water partition coefficient (Wildman–Crippen LogP) is 1.24. The average molecular weight is 298 g/mol. The highest BCUT2D eigenvalue weighted by atomic mass is 32.2. The van der Waals surface area contributed by atoms with Gasteiger partial charge in [0.15, 0.2) is 0 Å². The summed E-state index contributed by atoms with van der Waals surface area (Å²) in [4.78, 5) is 0. The molecule has 20 heavy (non-hydrogen) atoms. The Bertz CT molecular complexity index is 563. The molecule has 2 fully saturated rings. The van der Waals surface area contributed by atoms with Crippen LogP contribution < -0.4 is 0 Å². The van der Waals surface area contributed by atoms with Crippen LogP contribution in [0.1, 0.15) is 42.9 Å². The number of rotatable bonds is 3. The molecule has 3 heterocycles. The maximum absolute atomic E-state index is 12.6. The van der Waals surface area contributed by atoms with Gasteiger partial charge >= 0.3 is 0 Å². The van der Waals surface area contributed by atoms with Gasteiger partial charge in [0, 0.05) is 37.8 Å². The van der Waals surface area contributed by atoms with Gasteiger partial charge in [-0.3, -0.25) is 5.10 Å². The minimum absolute atomic E-state index is 0.239. The van der Waals surface area contributed by atoms with Crippen molar-refractivity contribution in [3.63, 3.8) is 0 Å². The smallest absolute Gasteiger partial charge is 0.281 e. The molecule has 6 nitrogen and oxygen atoms in total. The summed E-state index contributed by atoms with van der Waals surface area (Å²) in [6.45, 7) is 4.58. The summed E-state index contributed by atoms with van der Waals surface area (Å²) in [5.41, 5.74) is 2.21. The Labute approximate surface area is 120 Å². The molecule has 2 aliphatic rings. The van der Waals surface area contributed by atoms with Crippen LogP contribution in [-0.2, 0) is 10.2 Å². The molecule has 112 valence electrons. The maximum atomic E-state index is 12.6. The second-order valence-corrected chi connectivity index (χ2v) is 7.71. The first-order valence-electron chi connectivity index (χ1n) is 7.34. The number of piperidine rings is 1. The van der Waals surface area contributed by atoms with Crippen LogP contribution in [0.4, 0.5) is 0 Å². The zero-order chi connectivity index (χ0) is 14.2. The molecule has 1 N–H and O–H groups in total. The molecule has 0 aliphatic carbocycles. The number of H-pyrrole nitrogens is 1. The third-order valence-corrected chi connectivity index (χ3v) is 6.38. The van der Waals surface area contributed by atoms with Crippen molar-refractivity contribution in [1.82, 2.24) is 18.8 Å². The van der Waals surface area contributed by atoms with E-state index in [-0.39, 0.29) is 5.92 Å². The highest BCUT2D eigenvalue weighted by Gasteiger charge is 2.35. The zero-order valence-electron chi connectivity index (χ0n) is 11.9. The lowest BCUT2D eigenvalue weighted by Gasteiger charge is -2.34. The SMILES string of the molecule is Cc1cn[nH]c1[C@H]1CCCN(S(=O)(=O)N2CCCC2)C1. The molecule has 1 atom stereocenters. The number of aromatic amines is 1. The molecule has 0 aromatic carbocycles. The molecule has 2 aliphatic heterocycles. The second kappa shape index (κ2) is 5.46. The van der Waals surface area contributed by atoms with Gasteiger partial charge in [0.25, 0.3) is 10.2 Å². The van der Waals surface area contributed by atoms with Gasteiger partial charge in [-0.05, 0) is 38.2 Å². The molecule has 0 amide bonds. The summed E-state index contributed by atoms with van der Waals surface area (Å²) in [5.74, 6) is 0.239. The Kier molecular flexibility index (Phi) is 3.83. The van der Waals surface area contributed by atoms with Crippen molar-refractivity contribution in [2.24, 2.45) is 0 Å². The number of nitrogens with one attached hydrogen (secondary N) is 1. The molecular formula is C13H22N4O2S. The summed E-state index contributed by atoms with van der Waals surface area (Å²) in [7, 11) is -3.27. The summed E-state index contributed by atoms with van der Waals surface area (Å²) < 4.78 is 28.5. The van der Waals surface area contributed by atoms with Crippen molar-refractivity contribution in [3.8, 4) is 0 Å². The Balaban J connectivity index is 1.76. The number of aromatic nitrogens is 2. The molecule has 1 aromatic heterocycles. The lowest BCUT2D eigenvalue weighted by Crippen LogP contribution is -2.46. The number of hydrogen-bond donors (Lipinski definition) is 1. The molecule has 0 saturated carbocycles. The van der Waals surface area contributed by atoms with Crippen LogP contribution >= 0.6 is 0 Å². The largest absolute Gasteiger partial charge is 0.282 e. The molecule has 0 unspecified atom stereocenters. The Morgan fingerprint density at radius 2 is 1.90 bits per heavy atom. The van der Waals surface area contributed by atoms with Crippen LogP contribution in [0.3, 0.4) is 0 Å². The van der Waals surface area contributed by atoms with Gasteiger partial charge in [0.1, 0.15) is 0 Å². The van der Waals surface area contributed by atoms with Gasteiger partial charge in [-0.15, -0.1) is 0 Å². The third-order valence-electron chi connectivity index (χ3n) is 4.38. The lowest BCUT2D eigenvalue weighted by molar-refractivity contribution is 0.289. The number of hydrogen-bond acceptors (Lipinski definition) is 3. The summed E-state index contributed by atoms with van der Waals surface area (Å²) in [5, 5.41) is 7.09. The fraction of sp³-hybridized carbons (Fsp3) is 0.769. The van der Waals surface area contributed by atoms with Crippen LogP contribution in [-0.4, -0.2) is 53.4 Å². The van der Waals surface area contributed by atoms with E-state index in [9.17, 15) is 8.42 Å². The zero-order valence-corrected chi connectivity index (χ0v) is 12.7. The molecule has 0 bridgehead atoms. The van der Waals surface area contributed by atoms with E-state index in [2.05, 4.69) is 10.2 Å². The maximum Gasteiger partial charge on any atom is 0.281 e. The summed E-state index contributed by atoms with van der Waals surface area (Å²) in [6.07, 6.45) is 5.71. The normalized spacial score (nSPS) is 26.1. The topological polar surface area (TPSA) is 69.3 Å². The van der Waals surface area contributed by atoms with E-state index in [0.29, 0.717) is 26.2 Å². The summed E-state index contributed by atoms with van der Waals surface area (Å²) in [6, 6.07) is 0. The van der Waals surface area contributed by atoms with Crippen LogP contribution in [0.15, 0.2) is 6.20 Å². The van der Waals surface area contributed by atoms with Crippen LogP contribution in [0.5, 0.6) is 0 Å². The van der Waals surface area contributed by atoms with Gasteiger partial charge in [0.2, 0.25) is 0 Å². The molecule has 1 aromatic rings. The molecular weight excluding hydrogens is 276 g/mol. The Hall–Kier alpha value is -0.920. The van der Waals surface area contributed by atoms with Gasteiger partial charge in [-0.2, -0.15) is 22.1 Å². The fourth-order valence-corrected chi connectivity index (χ4v) is 5.01. The lowest BCUT2D eigenvalue weighted by atomic mass is 9.94. The van der Waals surface area contributed by atoms with Crippen LogP contribution in [0.25, 0.3) is 0 Å². The van der Waals surface area contributed by atoms with E-state index in [4.69, 9.17) is 0 Å².